The van der Waals surface area contributed by atoms with Crippen LogP contribution in [0.2, 0.25) is 0 Å². The molecule has 0 bridgehead atoms. The third-order valence-electron chi connectivity index (χ3n) is 16.0. The van der Waals surface area contributed by atoms with E-state index < -0.39 is 10.4 Å². The van der Waals surface area contributed by atoms with Gasteiger partial charge in [-0.1, -0.05) is 171 Å². The van der Waals surface area contributed by atoms with Crippen LogP contribution in [0.15, 0.2) is 48.6 Å². The fraction of sp³-hybridized carbons (Fsp3) is 0.845. The van der Waals surface area contributed by atoms with E-state index in [0.717, 1.165) is 109 Å². The first-order valence-corrected chi connectivity index (χ1v) is 35.9. The van der Waals surface area contributed by atoms with E-state index in [-0.39, 0.29) is 17.9 Å². The molecule has 0 aromatic carbocycles. The molecule has 0 unspecified atom stereocenters. The Hall–Kier alpha value is -2.88. The summed E-state index contributed by atoms with van der Waals surface area (Å²) in [7, 11) is 15.8. The molecule has 0 saturated carbocycles. The average Bonchev–Trinajstić information content (AvgIpc) is 4.30. The predicted octanol–water partition coefficient (Wildman–Crippen LogP) is 16.9. The zero-order valence-corrected chi connectivity index (χ0v) is 57.7. The van der Waals surface area contributed by atoms with Gasteiger partial charge in [-0.2, -0.15) is 0 Å². The second-order valence-electron chi connectivity index (χ2n) is 27.8. The highest BCUT2D eigenvalue weighted by Crippen LogP contribution is 2.26. The number of nitrogens with zero attached hydrogens (tertiary/aromatic N) is 3. The molecule has 0 amide bonds. The molecular formula is C71H135N3O10S+2. The van der Waals surface area contributed by atoms with Crippen LogP contribution in [0, 0.1) is 17.8 Å². The van der Waals surface area contributed by atoms with Gasteiger partial charge in [0.05, 0.1) is 110 Å². The lowest BCUT2D eigenvalue weighted by Crippen LogP contribution is -2.35. The number of esters is 3. The first-order chi connectivity index (χ1) is 40.5. The van der Waals surface area contributed by atoms with Crippen molar-refractivity contribution in [3.63, 3.8) is 0 Å². The van der Waals surface area contributed by atoms with E-state index >= 15 is 0 Å². The first kappa shape index (κ1) is 82.1. The van der Waals surface area contributed by atoms with Crippen molar-refractivity contribution < 1.29 is 59.2 Å². The summed E-state index contributed by atoms with van der Waals surface area (Å²) < 4.78 is 49.7. The minimum atomic E-state index is -4.41. The van der Waals surface area contributed by atoms with Crippen molar-refractivity contribution in [2.45, 2.75) is 263 Å². The molecule has 498 valence electrons. The Morgan fingerprint density at radius 3 is 0.882 bits per heavy atom. The number of hydrogen-bond donors (Lipinski definition) is 0. The zero-order valence-electron chi connectivity index (χ0n) is 56.9. The molecule has 0 spiro atoms. The smallest absolute Gasteiger partial charge is 0.305 e. The molecule has 0 aliphatic heterocycles. The van der Waals surface area contributed by atoms with E-state index in [9.17, 15) is 27.4 Å². The average molecular weight is 1220 g/mol. The number of rotatable bonds is 49. The predicted molar refractivity (Wildman–Crippen MR) is 355 cm³/mol. The fourth-order valence-corrected chi connectivity index (χ4v) is 10.8. The van der Waals surface area contributed by atoms with Gasteiger partial charge in [-0.05, 0) is 120 Å². The number of unbranched alkanes of at least 4 members (excludes halogenated alkanes) is 22. The maximum atomic E-state index is 11.7. The van der Waals surface area contributed by atoms with Crippen molar-refractivity contribution in [2.24, 2.45) is 17.8 Å². The minimum Gasteiger partial charge on any atom is -0.726 e. The van der Waals surface area contributed by atoms with Gasteiger partial charge in [0.2, 0.25) is 10.4 Å². The molecular weight excluding hydrogens is 1090 g/mol. The Morgan fingerprint density at radius 2 is 0.635 bits per heavy atom. The molecule has 0 saturated heterocycles. The number of quaternary nitrogens is 3. The zero-order chi connectivity index (χ0) is 63.2. The van der Waals surface area contributed by atoms with Crippen molar-refractivity contribution >= 4 is 28.3 Å². The van der Waals surface area contributed by atoms with Gasteiger partial charge in [0.1, 0.15) is 0 Å². The molecule has 0 fully saturated rings. The monoisotopic (exact) mass is 1220 g/mol. The van der Waals surface area contributed by atoms with E-state index in [1.165, 1.54) is 193 Å². The molecule has 0 aromatic heterocycles. The Labute approximate surface area is 524 Å². The van der Waals surface area contributed by atoms with Gasteiger partial charge in [-0.15, -0.1) is 0 Å². The highest BCUT2D eigenvalue weighted by Gasteiger charge is 2.13. The molecule has 3 aliphatic carbocycles. The van der Waals surface area contributed by atoms with Crippen LogP contribution < -0.4 is 0 Å². The molecule has 3 atom stereocenters. The van der Waals surface area contributed by atoms with E-state index in [4.69, 9.17) is 14.2 Å². The molecule has 0 aromatic rings. The molecule has 0 N–H and O–H groups in total. The lowest BCUT2D eigenvalue weighted by molar-refractivity contribution is -0.870. The van der Waals surface area contributed by atoms with Crippen molar-refractivity contribution in [1.29, 1.82) is 0 Å². The summed E-state index contributed by atoms with van der Waals surface area (Å²) in [6.07, 6.45) is 68.9. The molecule has 0 heterocycles. The van der Waals surface area contributed by atoms with Gasteiger partial charge in [-0.3, -0.25) is 18.6 Å². The second kappa shape index (κ2) is 54.1. The summed E-state index contributed by atoms with van der Waals surface area (Å²) in [5.41, 5.74) is 0. The Bertz CT molecular complexity index is 1830. The number of carbonyl (C=O) groups is 3. The summed E-state index contributed by atoms with van der Waals surface area (Å²) in [6, 6.07) is 0. The SMILES string of the molecule is COS(=O)(=O)[O-].C[N+](C)(C)CCCOC(=O)CCCC/C=C/CCCCCC[C@H]1C=CCC1.C[N+](C)(C)CCCOC(=O)CCCCCCCCCCCC[C@H]1C=CCC1.C[N+](C)(C)CCCOC(=O)CCCCCCCCCC[C@H]1C=CCC1. The second-order valence-corrected chi connectivity index (χ2v) is 28.9. The number of ether oxygens (including phenoxy) is 3. The van der Waals surface area contributed by atoms with Crippen molar-refractivity contribution in [2.75, 3.05) is 110 Å². The fourth-order valence-electron chi connectivity index (χ4n) is 10.8. The summed E-state index contributed by atoms with van der Waals surface area (Å²) in [5, 5.41) is 0. The standard InChI is InChI=1S/C24H46NO2.C24H44NO2.C22H42NO2.CH4O4S/c2*1-25(2,3)21-16-22-27-24(26)20-13-11-9-7-5-4-6-8-10-12-17-23-18-14-15-19-23;1-23(2,3)19-14-20-25-22(24)18-11-9-7-5-4-6-8-10-15-21-16-12-13-17-21;1-5-6(2,3)4/h14,18,23H,4-13,15-17,19-22H2,1-3H3;5,7,14,18,23H,4,6,8-13,15-17,19-22H2,1-3H3;12,16,21H,4-11,13-15,17-20H2,1-3H3;1H3,(H,2,3,4)/q3*+1;/p-1/b;7-5+;;/t2*23-;21-;/m000./s1. The third-order valence-corrected chi connectivity index (χ3v) is 16.4. The van der Waals surface area contributed by atoms with Crippen LogP contribution >= 0.6 is 0 Å². The summed E-state index contributed by atoms with van der Waals surface area (Å²) in [6.45, 7) is 4.84. The van der Waals surface area contributed by atoms with Crippen LogP contribution in [0.3, 0.4) is 0 Å². The lowest BCUT2D eigenvalue weighted by Gasteiger charge is -2.23. The molecule has 85 heavy (non-hydrogen) atoms. The van der Waals surface area contributed by atoms with Crippen LogP contribution in [0.1, 0.15) is 263 Å². The van der Waals surface area contributed by atoms with Crippen LogP contribution in [-0.4, -0.2) is 154 Å². The van der Waals surface area contributed by atoms with Crippen LogP contribution in [-0.2, 0) is 43.2 Å². The third kappa shape index (κ3) is 65.4. The maximum absolute atomic E-state index is 11.7. The molecule has 13 nitrogen and oxygen atoms in total. The summed E-state index contributed by atoms with van der Waals surface area (Å²) in [5.74, 6) is 2.60. The Kier molecular flexibility index (Phi) is 52.3. The molecule has 0 radical (unpaired) electrons. The number of hydrogen-bond acceptors (Lipinski definition) is 10. The van der Waals surface area contributed by atoms with Crippen LogP contribution in [0.25, 0.3) is 0 Å². The largest absolute Gasteiger partial charge is 0.726 e. The van der Waals surface area contributed by atoms with Crippen molar-refractivity contribution in [3.05, 3.63) is 48.6 Å². The van der Waals surface area contributed by atoms with Crippen LogP contribution in [0.4, 0.5) is 0 Å². The van der Waals surface area contributed by atoms with Gasteiger partial charge >= 0.3 is 17.9 Å². The van der Waals surface area contributed by atoms with Gasteiger partial charge < -0.3 is 32.2 Å². The van der Waals surface area contributed by atoms with E-state index in [1.54, 1.807) is 0 Å². The van der Waals surface area contributed by atoms with E-state index in [1.807, 2.05) is 0 Å². The Balaban J connectivity index is 0.00000119. The minimum absolute atomic E-state index is 0.00972. The first-order valence-electron chi connectivity index (χ1n) is 34.5. The molecule has 14 heteroatoms. The van der Waals surface area contributed by atoms with Crippen molar-refractivity contribution in [1.82, 2.24) is 0 Å². The normalized spacial score (nSPS) is 16.6. The number of carbonyl (C=O) groups excluding carboxylic acids is 3. The Morgan fingerprint density at radius 1 is 0.400 bits per heavy atom. The van der Waals surface area contributed by atoms with Crippen molar-refractivity contribution in [3.8, 4) is 0 Å². The maximum Gasteiger partial charge on any atom is 0.305 e. The number of allylic oxidation sites excluding steroid dienone is 8. The highest BCUT2D eigenvalue weighted by atomic mass is 32.3. The topological polar surface area (TPSA) is 145 Å². The van der Waals surface area contributed by atoms with Crippen LogP contribution in [0.5, 0.6) is 0 Å². The summed E-state index contributed by atoms with van der Waals surface area (Å²) in [4.78, 5) is 35.0. The van der Waals surface area contributed by atoms with E-state index in [0.29, 0.717) is 39.1 Å². The highest BCUT2D eigenvalue weighted by molar-refractivity contribution is 7.80. The molecule has 3 rings (SSSR count). The quantitative estimate of drug-likeness (QED) is 0.0110. The summed E-state index contributed by atoms with van der Waals surface area (Å²) >= 11 is 0. The lowest BCUT2D eigenvalue weighted by atomic mass is 9.99. The van der Waals surface area contributed by atoms with Gasteiger partial charge in [0.15, 0.2) is 0 Å². The molecule has 3 aliphatic rings. The van der Waals surface area contributed by atoms with E-state index in [2.05, 4.69) is 116 Å². The van der Waals surface area contributed by atoms with Gasteiger partial charge in [0.25, 0.3) is 0 Å². The van der Waals surface area contributed by atoms with Gasteiger partial charge in [0, 0.05) is 38.5 Å². The van der Waals surface area contributed by atoms with Gasteiger partial charge in [-0.25, -0.2) is 8.42 Å².